The molecular weight excluding hydrogens is 340 g/mol. The summed E-state index contributed by atoms with van der Waals surface area (Å²) >= 11 is 0. The third kappa shape index (κ3) is 4.00. The zero-order chi connectivity index (χ0) is 19.4. The molecule has 0 radical (unpaired) electrons. The van der Waals surface area contributed by atoms with Crippen molar-refractivity contribution < 1.29 is 25.2 Å². The monoisotopic (exact) mass is 362 g/mol. The number of benzene rings is 1. The van der Waals surface area contributed by atoms with Gasteiger partial charge in [-0.05, 0) is 30.0 Å². The summed E-state index contributed by atoms with van der Waals surface area (Å²) in [6, 6.07) is 6.34. The second-order valence-electron chi connectivity index (χ2n) is 6.01. The summed E-state index contributed by atoms with van der Waals surface area (Å²) in [5, 5.41) is 39.2. The Morgan fingerprint density at radius 2 is 1.92 bits per heavy atom. The van der Waals surface area contributed by atoms with E-state index in [4.69, 9.17) is 10.8 Å². The Bertz CT molecular complexity index is 876. The Labute approximate surface area is 149 Å². The van der Waals surface area contributed by atoms with Crippen LogP contribution in [0.5, 0.6) is 0 Å². The van der Waals surface area contributed by atoms with E-state index in [1.807, 2.05) is 0 Å². The molecule has 2 aromatic rings. The molecule has 0 bridgehead atoms. The number of primary amides is 1. The van der Waals surface area contributed by atoms with Crippen LogP contribution in [-0.2, 0) is 4.79 Å². The van der Waals surface area contributed by atoms with Gasteiger partial charge < -0.3 is 31.1 Å². The summed E-state index contributed by atoms with van der Waals surface area (Å²) in [6.07, 6.45) is -1.74. The first-order chi connectivity index (χ1) is 12.3. The predicted molar refractivity (Wildman–Crippen MR) is 96.3 cm³/mol. The number of allylic oxidation sites excluding steroid dienone is 1. The number of carbonyl (C=O) groups excluding carboxylic acids is 1. The van der Waals surface area contributed by atoms with Crippen molar-refractivity contribution in [2.75, 3.05) is 6.61 Å². The van der Waals surface area contributed by atoms with E-state index in [0.717, 1.165) is 0 Å². The van der Waals surface area contributed by atoms with Crippen LogP contribution in [0.2, 0.25) is 0 Å². The van der Waals surface area contributed by atoms with Crippen molar-refractivity contribution in [3.63, 3.8) is 0 Å². The van der Waals surface area contributed by atoms with E-state index in [-0.39, 0.29) is 11.1 Å². The van der Waals surface area contributed by atoms with Crippen LogP contribution < -0.4 is 11.3 Å². The molecule has 0 spiro atoms. The minimum atomic E-state index is -1.77. The Hall–Kier alpha value is -2.52. The van der Waals surface area contributed by atoms with Gasteiger partial charge in [0.15, 0.2) is 0 Å². The quantitative estimate of drug-likeness (QED) is 0.379. The average Bonchev–Trinajstić information content (AvgIpc) is 2.61. The summed E-state index contributed by atoms with van der Waals surface area (Å²) in [5.41, 5.74) is 6.19. The van der Waals surface area contributed by atoms with Crippen molar-refractivity contribution in [2.45, 2.75) is 31.2 Å². The molecule has 1 aromatic heterocycles. The lowest BCUT2D eigenvalue weighted by Crippen LogP contribution is -2.46. The van der Waals surface area contributed by atoms with Crippen LogP contribution in [0.3, 0.4) is 0 Å². The molecule has 0 saturated carbocycles. The number of aliphatic hydroxyl groups excluding tert-OH is 4. The first kappa shape index (κ1) is 19.8. The maximum Gasteiger partial charge on any atom is 0.255 e. The van der Waals surface area contributed by atoms with Gasteiger partial charge in [0.25, 0.3) is 5.56 Å². The van der Waals surface area contributed by atoms with Crippen LogP contribution in [0, 0.1) is 0 Å². The van der Waals surface area contributed by atoms with Gasteiger partial charge in [-0.2, -0.15) is 0 Å². The molecule has 0 aliphatic carbocycles. The summed E-state index contributed by atoms with van der Waals surface area (Å²) in [6.45, 7) is 1.00. The van der Waals surface area contributed by atoms with Crippen molar-refractivity contribution in [1.29, 1.82) is 0 Å². The highest BCUT2D eigenvalue weighted by molar-refractivity contribution is 5.86. The molecule has 2 rings (SSSR count). The zero-order valence-electron chi connectivity index (χ0n) is 14.2. The Kier molecular flexibility index (Phi) is 6.27. The van der Waals surface area contributed by atoms with Crippen molar-refractivity contribution in [3.05, 3.63) is 51.8 Å². The fourth-order valence-electron chi connectivity index (χ4n) is 2.79. The maximum atomic E-state index is 12.1. The van der Waals surface area contributed by atoms with Crippen molar-refractivity contribution >= 4 is 22.9 Å². The number of hydrogen-bond acceptors (Lipinski definition) is 6. The van der Waals surface area contributed by atoms with Gasteiger partial charge in [0.05, 0.1) is 18.6 Å². The molecule has 0 saturated heterocycles. The van der Waals surface area contributed by atoms with Gasteiger partial charge in [0, 0.05) is 11.1 Å². The lowest BCUT2D eigenvalue weighted by molar-refractivity contribution is -0.128. The normalized spacial score (nSPS) is 16.5. The Morgan fingerprint density at radius 3 is 2.50 bits per heavy atom. The van der Waals surface area contributed by atoms with E-state index in [1.54, 1.807) is 31.2 Å². The number of aliphatic hydroxyl groups is 4. The molecule has 0 unspecified atom stereocenters. The number of fused-ring (bicyclic) bond motifs is 1. The molecule has 0 fully saturated rings. The first-order valence-corrected chi connectivity index (χ1v) is 8.04. The predicted octanol–water partition coefficient (Wildman–Crippen LogP) is -0.795. The number of aromatic nitrogens is 1. The number of nitrogens with two attached hydrogens (primary N) is 1. The van der Waals surface area contributed by atoms with Gasteiger partial charge in [-0.1, -0.05) is 24.3 Å². The molecule has 0 aliphatic heterocycles. The third-order valence-corrected chi connectivity index (χ3v) is 4.18. The number of amides is 1. The molecule has 8 nitrogen and oxygen atoms in total. The van der Waals surface area contributed by atoms with Crippen LogP contribution in [-0.4, -0.2) is 56.2 Å². The minimum absolute atomic E-state index is 0.260. The first-order valence-electron chi connectivity index (χ1n) is 8.04. The minimum Gasteiger partial charge on any atom is -0.394 e. The van der Waals surface area contributed by atoms with Crippen LogP contribution in [0.15, 0.2) is 35.1 Å². The maximum absolute atomic E-state index is 12.1. The molecule has 140 valence electrons. The van der Waals surface area contributed by atoms with Gasteiger partial charge in [-0.15, -0.1) is 0 Å². The molecule has 0 aliphatic rings. The van der Waals surface area contributed by atoms with Crippen LogP contribution in [0.4, 0.5) is 0 Å². The van der Waals surface area contributed by atoms with Crippen LogP contribution in [0.1, 0.15) is 24.0 Å². The van der Waals surface area contributed by atoms with E-state index in [0.29, 0.717) is 16.5 Å². The fourth-order valence-corrected chi connectivity index (χ4v) is 2.79. The molecular formula is C18H22N2O6. The van der Waals surface area contributed by atoms with Gasteiger partial charge >= 0.3 is 0 Å². The standard InChI is InChI=1S/C18H22N2O6/c1-2-3-11-6-9-4-5-10(7-12(9)20-18(11)26)14(17(19)25)16(24)15(23)13(22)8-21/h2-7,13-16,21-24H,8H2,1H3,(H2,19,25)(H,20,26)/t13-,14-,15-,16-/m1/s1. The number of rotatable bonds is 7. The van der Waals surface area contributed by atoms with Gasteiger partial charge in [0.1, 0.15) is 12.2 Å². The van der Waals surface area contributed by atoms with Gasteiger partial charge in [-0.25, -0.2) is 0 Å². The topological polar surface area (TPSA) is 157 Å². The van der Waals surface area contributed by atoms with E-state index < -0.39 is 36.7 Å². The molecule has 1 heterocycles. The summed E-state index contributed by atoms with van der Waals surface area (Å²) in [5.74, 6) is -2.26. The number of H-pyrrole nitrogens is 1. The summed E-state index contributed by atoms with van der Waals surface area (Å²) in [4.78, 5) is 26.6. The highest BCUT2D eigenvalue weighted by Crippen LogP contribution is 2.26. The lowest BCUT2D eigenvalue weighted by atomic mass is 9.87. The van der Waals surface area contributed by atoms with Crippen molar-refractivity contribution in [1.82, 2.24) is 4.98 Å². The van der Waals surface area contributed by atoms with Gasteiger partial charge in [-0.3, -0.25) is 9.59 Å². The fraction of sp³-hybridized carbons (Fsp3) is 0.333. The smallest absolute Gasteiger partial charge is 0.255 e. The third-order valence-electron chi connectivity index (χ3n) is 4.18. The molecule has 7 N–H and O–H groups in total. The lowest BCUT2D eigenvalue weighted by Gasteiger charge is -2.27. The van der Waals surface area contributed by atoms with Crippen molar-refractivity contribution in [3.8, 4) is 0 Å². The second kappa shape index (κ2) is 8.24. The van der Waals surface area contributed by atoms with Gasteiger partial charge in [0.2, 0.25) is 5.91 Å². The number of nitrogens with one attached hydrogen (secondary N) is 1. The molecule has 1 amide bonds. The molecule has 1 aromatic carbocycles. The van der Waals surface area contributed by atoms with Crippen LogP contribution in [0.25, 0.3) is 17.0 Å². The molecule has 4 atom stereocenters. The summed E-state index contributed by atoms with van der Waals surface area (Å²) in [7, 11) is 0. The van der Waals surface area contributed by atoms with E-state index >= 15 is 0 Å². The Balaban J connectivity index is 2.49. The zero-order valence-corrected chi connectivity index (χ0v) is 14.2. The largest absolute Gasteiger partial charge is 0.394 e. The highest BCUT2D eigenvalue weighted by Gasteiger charge is 2.35. The average molecular weight is 362 g/mol. The highest BCUT2D eigenvalue weighted by atomic mass is 16.4. The number of hydrogen-bond donors (Lipinski definition) is 6. The number of aromatic amines is 1. The summed E-state index contributed by atoms with van der Waals surface area (Å²) < 4.78 is 0. The Morgan fingerprint density at radius 1 is 1.23 bits per heavy atom. The molecule has 8 heteroatoms. The number of pyridine rings is 1. The van der Waals surface area contributed by atoms with Crippen LogP contribution >= 0.6 is 0 Å². The SMILES string of the molecule is CC=Cc1cc2ccc([C@@H](C(N)=O)[C@@H](O)[C@H](O)[C@H](O)CO)cc2[nH]c1=O. The van der Waals surface area contributed by atoms with E-state index in [9.17, 15) is 24.9 Å². The number of carbonyl (C=O) groups is 1. The van der Waals surface area contributed by atoms with E-state index in [2.05, 4.69) is 4.98 Å². The van der Waals surface area contributed by atoms with Crippen molar-refractivity contribution in [2.24, 2.45) is 5.73 Å². The second-order valence-corrected chi connectivity index (χ2v) is 6.01. The van der Waals surface area contributed by atoms with E-state index in [1.165, 1.54) is 12.1 Å². The molecule has 26 heavy (non-hydrogen) atoms.